The Bertz CT molecular complexity index is 551. The van der Waals surface area contributed by atoms with Crippen molar-refractivity contribution in [2.24, 2.45) is 0 Å². The summed E-state index contributed by atoms with van der Waals surface area (Å²) in [6.45, 7) is 5.52. The lowest BCUT2D eigenvalue weighted by molar-refractivity contribution is 0.209. The number of hydrogen-bond acceptors (Lipinski definition) is 2. The Morgan fingerprint density at radius 3 is 2.85 bits per heavy atom. The molecule has 3 nitrogen and oxygen atoms in total. The lowest BCUT2D eigenvalue weighted by atomic mass is 10.2. The van der Waals surface area contributed by atoms with Gasteiger partial charge in [-0.05, 0) is 53.4 Å². The molecule has 1 N–H and O–H groups in total. The van der Waals surface area contributed by atoms with Crippen molar-refractivity contribution in [2.75, 3.05) is 11.9 Å². The molecule has 4 heteroatoms. The molecule has 0 atom stereocenters. The summed E-state index contributed by atoms with van der Waals surface area (Å²) in [5.74, 6) is 0. The number of hydrogen-bond donors (Lipinski definition) is 1. The van der Waals surface area contributed by atoms with Crippen LogP contribution in [0.15, 0.2) is 41.1 Å². The largest absolute Gasteiger partial charge is 0.322 e. The maximum absolute atomic E-state index is 12.4. The molecule has 0 saturated heterocycles. The Labute approximate surface area is 124 Å². The molecule has 0 radical (unpaired) electrons. The van der Waals surface area contributed by atoms with E-state index in [4.69, 9.17) is 0 Å². The number of thiophene rings is 1. The first-order valence-corrected chi connectivity index (χ1v) is 7.77. The highest BCUT2D eigenvalue weighted by atomic mass is 32.1. The first-order valence-electron chi connectivity index (χ1n) is 6.82. The van der Waals surface area contributed by atoms with Gasteiger partial charge in [0.25, 0.3) is 0 Å². The number of amides is 2. The summed E-state index contributed by atoms with van der Waals surface area (Å²) in [6, 6.07) is 9.89. The maximum atomic E-state index is 12.4. The van der Waals surface area contributed by atoms with E-state index in [0.717, 1.165) is 24.2 Å². The molecule has 0 saturated carbocycles. The van der Waals surface area contributed by atoms with E-state index in [1.54, 1.807) is 11.3 Å². The Kier molecular flexibility index (Phi) is 5.18. The molecule has 1 aromatic carbocycles. The summed E-state index contributed by atoms with van der Waals surface area (Å²) in [6.07, 6.45) is 0.950. The number of rotatable bonds is 5. The molecule has 0 aliphatic carbocycles. The van der Waals surface area contributed by atoms with E-state index in [-0.39, 0.29) is 6.03 Å². The summed E-state index contributed by atoms with van der Waals surface area (Å²) in [4.78, 5) is 14.2. The van der Waals surface area contributed by atoms with Gasteiger partial charge >= 0.3 is 6.03 Å². The van der Waals surface area contributed by atoms with Crippen molar-refractivity contribution in [1.82, 2.24) is 4.90 Å². The SMILES string of the molecule is CCCN(Cc1ccsc1)C(=O)Nc1cccc(C)c1. The van der Waals surface area contributed by atoms with Gasteiger partial charge in [-0.15, -0.1) is 0 Å². The van der Waals surface area contributed by atoms with Crippen molar-refractivity contribution in [2.45, 2.75) is 26.8 Å². The van der Waals surface area contributed by atoms with Crippen LogP contribution in [-0.2, 0) is 6.54 Å². The van der Waals surface area contributed by atoms with Crippen LogP contribution in [0.5, 0.6) is 0 Å². The molecule has 106 valence electrons. The van der Waals surface area contributed by atoms with Crippen LogP contribution in [0.4, 0.5) is 10.5 Å². The number of benzene rings is 1. The second-order valence-corrected chi connectivity index (χ2v) is 5.63. The van der Waals surface area contributed by atoms with Crippen LogP contribution in [0, 0.1) is 6.92 Å². The number of aryl methyl sites for hydroxylation is 1. The van der Waals surface area contributed by atoms with Crippen molar-refractivity contribution < 1.29 is 4.79 Å². The molecular formula is C16H20N2OS. The first-order chi connectivity index (χ1) is 9.69. The minimum Gasteiger partial charge on any atom is -0.320 e. The van der Waals surface area contributed by atoms with E-state index in [2.05, 4.69) is 23.7 Å². The van der Waals surface area contributed by atoms with Crippen molar-refractivity contribution in [1.29, 1.82) is 0 Å². The molecule has 1 aromatic heterocycles. The highest BCUT2D eigenvalue weighted by Crippen LogP contribution is 2.13. The van der Waals surface area contributed by atoms with Crippen molar-refractivity contribution in [3.63, 3.8) is 0 Å². The van der Waals surface area contributed by atoms with Crippen LogP contribution in [0.1, 0.15) is 24.5 Å². The summed E-state index contributed by atoms with van der Waals surface area (Å²) in [5.41, 5.74) is 3.17. The minimum absolute atomic E-state index is 0.0383. The molecule has 2 aromatic rings. The van der Waals surface area contributed by atoms with E-state index in [0.29, 0.717) is 6.54 Å². The predicted octanol–water partition coefficient (Wildman–Crippen LogP) is 4.50. The molecule has 0 unspecified atom stereocenters. The Morgan fingerprint density at radius 1 is 1.35 bits per heavy atom. The summed E-state index contributed by atoms with van der Waals surface area (Å²) in [7, 11) is 0. The highest BCUT2D eigenvalue weighted by Gasteiger charge is 2.13. The Balaban J connectivity index is 2.03. The van der Waals surface area contributed by atoms with Crippen LogP contribution in [0.25, 0.3) is 0 Å². The molecule has 2 amide bonds. The van der Waals surface area contributed by atoms with E-state index >= 15 is 0 Å². The van der Waals surface area contributed by atoms with Gasteiger partial charge in [0.15, 0.2) is 0 Å². The van der Waals surface area contributed by atoms with Gasteiger partial charge < -0.3 is 10.2 Å². The smallest absolute Gasteiger partial charge is 0.320 e. The third-order valence-electron chi connectivity index (χ3n) is 3.00. The predicted molar refractivity (Wildman–Crippen MR) is 85.2 cm³/mol. The molecule has 2 rings (SSSR count). The number of carbonyl (C=O) groups excluding carboxylic acids is 1. The second kappa shape index (κ2) is 7.10. The van der Waals surface area contributed by atoms with Crippen LogP contribution in [0.3, 0.4) is 0 Å². The van der Waals surface area contributed by atoms with E-state index < -0.39 is 0 Å². The number of nitrogens with one attached hydrogen (secondary N) is 1. The van der Waals surface area contributed by atoms with Gasteiger partial charge in [0.1, 0.15) is 0 Å². The van der Waals surface area contributed by atoms with Crippen LogP contribution in [-0.4, -0.2) is 17.5 Å². The van der Waals surface area contributed by atoms with Gasteiger partial charge in [0, 0.05) is 18.8 Å². The molecule has 0 aliphatic rings. The van der Waals surface area contributed by atoms with Gasteiger partial charge in [-0.1, -0.05) is 19.1 Å². The fourth-order valence-corrected chi connectivity index (χ4v) is 2.71. The normalized spacial score (nSPS) is 10.3. The second-order valence-electron chi connectivity index (χ2n) is 4.85. The summed E-state index contributed by atoms with van der Waals surface area (Å²) >= 11 is 1.66. The fraction of sp³-hybridized carbons (Fsp3) is 0.312. The third-order valence-corrected chi connectivity index (χ3v) is 3.74. The maximum Gasteiger partial charge on any atom is 0.322 e. The molecule has 1 heterocycles. The van der Waals surface area contributed by atoms with Crippen molar-refractivity contribution in [3.8, 4) is 0 Å². The van der Waals surface area contributed by atoms with Crippen LogP contribution in [0.2, 0.25) is 0 Å². The van der Waals surface area contributed by atoms with Gasteiger partial charge in [0.05, 0.1) is 0 Å². The van der Waals surface area contributed by atoms with Gasteiger partial charge in [-0.25, -0.2) is 4.79 Å². The van der Waals surface area contributed by atoms with Crippen molar-refractivity contribution >= 4 is 23.1 Å². The minimum atomic E-state index is -0.0383. The average molecular weight is 288 g/mol. The average Bonchev–Trinajstić information content (AvgIpc) is 2.91. The first kappa shape index (κ1) is 14.6. The number of nitrogens with zero attached hydrogens (tertiary/aromatic N) is 1. The standard InChI is InChI=1S/C16H20N2OS/c1-3-8-18(11-14-7-9-20-12-14)16(19)17-15-6-4-5-13(2)10-15/h4-7,9-10,12H,3,8,11H2,1-2H3,(H,17,19). The molecular weight excluding hydrogens is 268 g/mol. The monoisotopic (exact) mass is 288 g/mol. The van der Waals surface area contributed by atoms with Crippen LogP contribution >= 0.6 is 11.3 Å². The fourth-order valence-electron chi connectivity index (χ4n) is 2.05. The molecule has 0 spiro atoms. The summed E-state index contributed by atoms with van der Waals surface area (Å²) in [5, 5.41) is 7.10. The van der Waals surface area contributed by atoms with Gasteiger partial charge in [0.2, 0.25) is 0 Å². The zero-order valence-corrected chi connectivity index (χ0v) is 12.7. The molecule has 0 fully saturated rings. The zero-order valence-electron chi connectivity index (χ0n) is 11.9. The number of urea groups is 1. The van der Waals surface area contributed by atoms with Crippen molar-refractivity contribution in [3.05, 3.63) is 52.2 Å². The highest BCUT2D eigenvalue weighted by molar-refractivity contribution is 7.07. The Morgan fingerprint density at radius 2 is 2.20 bits per heavy atom. The topological polar surface area (TPSA) is 32.3 Å². The molecule has 20 heavy (non-hydrogen) atoms. The lowest BCUT2D eigenvalue weighted by Gasteiger charge is -2.22. The zero-order chi connectivity index (χ0) is 14.4. The van der Waals surface area contributed by atoms with Gasteiger partial charge in [-0.2, -0.15) is 11.3 Å². The Hall–Kier alpha value is -1.81. The van der Waals surface area contributed by atoms with E-state index in [1.165, 1.54) is 5.56 Å². The molecule has 0 aliphatic heterocycles. The van der Waals surface area contributed by atoms with E-state index in [1.807, 2.05) is 41.5 Å². The van der Waals surface area contributed by atoms with E-state index in [9.17, 15) is 4.79 Å². The number of carbonyl (C=O) groups is 1. The van der Waals surface area contributed by atoms with Crippen LogP contribution < -0.4 is 5.32 Å². The summed E-state index contributed by atoms with van der Waals surface area (Å²) < 4.78 is 0. The third kappa shape index (κ3) is 4.10. The lowest BCUT2D eigenvalue weighted by Crippen LogP contribution is -2.35. The van der Waals surface area contributed by atoms with Gasteiger partial charge in [-0.3, -0.25) is 0 Å². The molecule has 0 bridgehead atoms. The number of anilines is 1. The quantitative estimate of drug-likeness (QED) is 0.863.